The van der Waals surface area contributed by atoms with Gasteiger partial charge in [0.25, 0.3) is 0 Å². The van der Waals surface area contributed by atoms with Crippen molar-refractivity contribution in [2.24, 2.45) is 5.41 Å². The average molecular weight is 436 g/mol. The Hall–Kier alpha value is -2.82. The molecule has 172 valence electrons. The fraction of sp³-hybridized carbons (Fsp3) is 0.481. The van der Waals surface area contributed by atoms with E-state index in [4.69, 9.17) is 9.72 Å². The topological polar surface area (TPSA) is 56.1 Å². The third kappa shape index (κ3) is 6.35. The zero-order valence-corrected chi connectivity index (χ0v) is 20.1. The molecule has 32 heavy (non-hydrogen) atoms. The lowest BCUT2D eigenvalue weighted by molar-refractivity contribution is -0.128. The molecule has 0 saturated heterocycles. The highest BCUT2D eigenvalue weighted by atomic mass is 16.5. The van der Waals surface area contributed by atoms with Crippen LogP contribution in [0, 0.1) is 5.41 Å². The number of carbonyl (C=O) groups excluding carboxylic acids is 1. The Labute approximate surface area is 192 Å². The Morgan fingerprint density at radius 1 is 1.06 bits per heavy atom. The monoisotopic (exact) mass is 435 g/mol. The van der Waals surface area contributed by atoms with Crippen LogP contribution >= 0.6 is 0 Å². The molecule has 2 aromatic carbocycles. The maximum atomic E-state index is 12.1. The van der Waals surface area contributed by atoms with Crippen molar-refractivity contribution in [2.75, 3.05) is 13.2 Å². The first kappa shape index (κ1) is 23.8. The summed E-state index contributed by atoms with van der Waals surface area (Å²) in [6, 6.07) is 16.7. The lowest BCUT2D eigenvalue weighted by atomic mass is 9.96. The molecule has 0 unspecified atom stereocenters. The van der Waals surface area contributed by atoms with Crippen LogP contribution in [0.4, 0.5) is 0 Å². The van der Waals surface area contributed by atoms with E-state index in [0.29, 0.717) is 19.1 Å². The number of nitrogens with zero attached hydrogens (tertiary/aromatic N) is 2. The Morgan fingerprint density at radius 3 is 2.47 bits per heavy atom. The fourth-order valence-electron chi connectivity index (χ4n) is 3.64. The van der Waals surface area contributed by atoms with Crippen molar-refractivity contribution >= 4 is 16.9 Å². The molecule has 0 radical (unpaired) electrons. The van der Waals surface area contributed by atoms with Crippen LogP contribution in [0.5, 0.6) is 5.75 Å². The first-order valence-electron chi connectivity index (χ1n) is 11.7. The number of benzene rings is 2. The van der Waals surface area contributed by atoms with E-state index in [2.05, 4.69) is 66.2 Å². The van der Waals surface area contributed by atoms with Crippen LogP contribution in [0.3, 0.4) is 0 Å². The number of hydrogen-bond acceptors (Lipinski definition) is 3. The number of hydrogen-bond donors (Lipinski definition) is 1. The molecular formula is C27H37N3O2. The van der Waals surface area contributed by atoms with Gasteiger partial charge >= 0.3 is 0 Å². The zero-order valence-electron chi connectivity index (χ0n) is 20.1. The van der Waals surface area contributed by atoms with E-state index in [1.807, 2.05) is 26.8 Å². The summed E-state index contributed by atoms with van der Waals surface area (Å²) in [5.41, 5.74) is 3.14. The number of carbonyl (C=O) groups is 1. The molecule has 0 spiro atoms. The predicted octanol–water partition coefficient (Wildman–Crippen LogP) is 5.72. The average Bonchev–Trinajstić information content (AvgIpc) is 3.11. The number of amides is 1. The summed E-state index contributed by atoms with van der Waals surface area (Å²) >= 11 is 0. The van der Waals surface area contributed by atoms with Crippen molar-refractivity contribution in [1.82, 2.24) is 14.9 Å². The lowest BCUT2D eigenvalue weighted by Gasteiger charge is -2.17. The van der Waals surface area contributed by atoms with Crippen LogP contribution in [-0.2, 0) is 17.8 Å². The molecule has 0 saturated carbocycles. The van der Waals surface area contributed by atoms with E-state index in [1.165, 1.54) is 5.56 Å². The lowest BCUT2D eigenvalue weighted by Crippen LogP contribution is -2.35. The van der Waals surface area contributed by atoms with E-state index in [1.54, 1.807) is 0 Å². The van der Waals surface area contributed by atoms with Crippen LogP contribution < -0.4 is 10.1 Å². The van der Waals surface area contributed by atoms with Gasteiger partial charge in [0.1, 0.15) is 11.6 Å². The summed E-state index contributed by atoms with van der Waals surface area (Å²) in [5, 5.41) is 3.03. The SMILES string of the molecule is CC(C)c1ccc(OCCCn2c(CCCNC(=O)C(C)(C)C)nc3ccccc32)cc1. The predicted molar refractivity (Wildman–Crippen MR) is 131 cm³/mol. The molecule has 0 atom stereocenters. The van der Waals surface area contributed by atoms with Crippen molar-refractivity contribution in [3.63, 3.8) is 0 Å². The number of ether oxygens (including phenoxy) is 1. The van der Waals surface area contributed by atoms with E-state index < -0.39 is 0 Å². The summed E-state index contributed by atoms with van der Waals surface area (Å²) in [7, 11) is 0. The molecule has 0 fully saturated rings. The minimum Gasteiger partial charge on any atom is -0.494 e. The third-order valence-corrected chi connectivity index (χ3v) is 5.62. The summed E-state index contributed by atoms with van der Waals surface area (Å²) < 4.78 is 8.26. The summed E-state index contributed by atoms with van der Waals surface area (Å²) in [5.74, 6) is 2.60. The standard InChI is InChI=1S/C27H37N3O2/c1-20(2)21-13-15-22(16-14-21)32-19-9-18-30-24-11-7-6-10-23(24)29-25(30)12-8-17-28-26(31)27(3,4)5/h6-7,10-11,13-16,20H,8-9,12,17-19H2,1-5H3,(H,28,31). The molecule has 3 aromatic rings. The minimum atomic E-state index is -0.359. The second kappa shape index (κ2) is 10.7. The number of nitrogens with one attached hydrogen (secondary N) is 1. The van der Waals surface area contributed by atoms with Gasteiger partial charge in [-0.3, -0.25) is 4.79 Å². The highest BCUT2D eigenvalue weighted by molar-refractivity contribution is 5.81. The Morgan fingerprint density at radius 2 is 1.78 bits per heavy atom. The molecule has 0 bridgehead atoms. The number of para-hydroxylation sites is 2. The molecule has 1 aromatic heterocycles. The molecule has 3 rings (SSSR count). The maximum Gasteiger partial charge on any atom is 0.225 e. The maximum absolute atomic E-state index is 12.1. The summed E-state index contributed by atoms with van der Waals surface area (Å²) in [6.45, 7) is 12.4. The highest BCUT2D eigenvalue weighted by Crippen LogP contribution is 2.20. The van der Waals surface area contributed by atoms with E-state index >= 15 is 0 Å². The number of rotatable bonds is 10. The van der Waals surface area contributed by atoms with E-state index in [-0.39, 0.29) is 11.3 Å². The molecule has 0 aliphatic carbocycles. The van der Waals surface area contributed by atoms with E-state index in [9.17, 15) is 4.79 Å². The van der Waals surface area contributed by atoms with Crippen molar-refractivity contribution in [3.05, 3.63) is 59.9 Å². The molecule has 1 amide bonds. The highest BCUT2D eigenvalue weighted by Gasteiger charge is 2.20. The summed E-state index contributed by atoms with van der Waals surface area (Å²) in [6.07, 6.45) is 2.60. The third-order valence-electron chi connectivity index (χ3n) is 5.62. The van der Waals surface area contributed by atoms with Gasteiger partial charge in [-0.25, -0.2) is 4.98 Å². The van der Waals surface area contributed by atoms with Gasteiger partial charge in [0, 0.05) is 24.9 Å². The Kier molecular flexibility index (Phi) is 7.94. The van der Waals surface area contributed by atoms with Crippen LogP contribution in [-0.4, -0.2) is 28.6 Å². The smallest absolute Gasteiger partial charge is 0.225 e. The van der Waals surface area contributed by atoms with Gasteiger partial charge in [0.05, 0.1) is 17.6 Å². The van der Waals surface area contributed by atoms with Crippen molar-refractivity contribution < 1.29 is 9.53 Å². The van der Waals surface area contributed by atoms with Crippen LogP contribution in [0.15, 0.2) is 48.5 Å². The summed E-state index contributed by atoms with van der Waals surface area (Å²) in [4.78, 5) is 16.9. The molecule has 0 aliphatic rings. The van der Waals surface area contributed by atoms with E-state index in [0.717, 1.165) is 48.4 Å². The van der Waals surface area contributed by atoms with Crippen molar-refractivity contribution in [1.29, 1.82) is 0 Å². The molecule has 0 aliphatic heterocycles. The first-order chi connectivity index (χ1) is 15.3. The van der Waals surface area contributed by atoms with Crippen molar-refractivity contribution in [3.8, 4) is 5.75 Å². The van der Waals surface area contributed by atoms with Gasteiger partial charge in [-0.1, -0.05) is 58.9 Å². The largest absolute Gasteiger partial charge is 0.494 e. The fourth-order valence-corrected chi connectivity index (χ4v) is 3.64. The number of aryl methyl sites for hydroxylation is 2. The van der Waals surface area contributed by atoms with Crippen LogP contribution in [0.1, 0.15) is 64.8 Å². The second-order valence-corrected chi connectivity index (χ2v) is 9.70. The molecule has 1 N–H and O–H groups in total. The van der Waals surface area contributed by atoms with Crippen LogP contribution in [0.25, 0.3) is 11.0 Å². The van der Waals surface area contributed by atoms with Crippen molar-refractivity contribution in [2.45, 2.75) is 66.3 Å². The zero-order chi connectivity index (χ0) is 23.1. The Balaban J connectivity index is 1.56. The quantitative estimate of drug-likeness (QED) is 0.414. The van der Waals surface area contributed by atoms with Gasteiger partial charge in [-0.15, -0.1) is 0 Å². The van der Waals surface area contributed by atoms with Gasteiger partial charge in [0.2, 0.25) is 5.91 Å². The molecule has 5 nitrogen and oxygen atoms in total. The van der Waals surface area contributed by atoms with Gasteiger partial charge < -0.3 is 14.6 Å². The normalized spacial score (nSPS) is 11.8. The Bertz CT molecular complexity index is 1010. The second-order valence-electron chi connectivity index (χ2n) is 9.70. The van der Waals surface area contributed by atoms with Gasteiger partial charge in [-0.05, 0) is 48.6 Å². The first-order valence-corrected chi connectivity index (χ1v) is 11.7. The number of fused-ring (bicyclic) bond motifs is 1. The number of aromatic nitrogens is 2. The van der Waals surface area contributed by atoms with Crippen LogP contribution in [0.2, 0.25) is 0 Å². The number of imidazole rings is 1. The minimum absolute atomic E-state index is 0.0876. The molecule has 1 heterocycles. The van der Waals surface area contributed by atoms with Gasteiger partial charge in [-0.2, -0.15) is 0 Å². The molecule has 5 heteroatoms. The van der Waals surface area contributed by atoms with Gasteiger partial charge in [0.15, 0.2) is 0 Å². The molecular weight excluding hydrogens is 398 g/mol.